The molecule has 29 heavy (non-hydrogen) atoms. The van der Waals surface area contributed by atoms with Crippen LogP contribution in [0.25, 0.3) is 0 Å². The quantitative estimate of drug-likeness (QED) is 0.642. The van der Waals surface area contributed by atoms with Crippen molar-refractivity contribution in [1.29, 1.82) is 0 Å². The first kappa shape index (κ1) is 21.4. The minimum Gasteiger partial charge on any atom is -0.476 e. The smallest absolute Gasteiger partial charge is 0.263 e. The number of rotatable bonds is 8. The van der Waals surface area contributed by atoms with E-state index in [1.807, 2.05) is 0 Å². The van der Waals surface area contributed by atoms with E-state index >= 15 is 0 Å². The number of carbonyl (C=O) groups is 1. The summed E-state index contributed by atoms with van der Waals surface area (Å²) in [4.78, 5) is 12.5. The lowest BCUT2D eigenvalue weighted by Crippen LogP contribution is -2.51. The summed E-state index contributed by atoms with van der Waals surface area (Å²) in [6.07, 6.45) is -0.928. The average Bonchev–Trinajstić information content (AvgIpc) is 2.73. The Morgan fingerprint density at radius 3 is 2.72 bits per heavy atom. The third-order valence-electron chi connectivity index (χ3n) is 4.49. The molecular weight excluding hydrogens is 415 g/mol. The van der Waals surface area contributed by atoms with Gasteiger partial charge in [-0.25, -0.2) is 12.8 Å². The normalized spacial score (nSPS) is 16.1. The van der Waals surface area contributed by atoms with E-state index in [0.29, 0.717) is 35.1 Å². The highest BCUT2D eigenvalue weighted by Gasteiger charge is 2.35. The van der Waals surface area contributed by atoms with E-state index in [1.165, 1.54) is 22.1 Å². The van der Waals surface area contributed by atoms with Crippen molar-refractivity contribution >= 4 is 33.4 Å². The van der Waals surface area contributed by atoms with E-state index < -0.39 is 16.1 Å². The van der Waals surface area contributed by atoms with Crippen LogP contribution >= 0.6 is 11.8 Å². The first-order chi connectivity index (χ1) is 13.9. The summed E-state index contributed by atoms with van der Waals surface area (Å²) in [6.45, 7) is 1.87. The van der Waals surface area contributed by atoms with Gasteiger partial charge in [0.05, 0.1) is 18.0 Å². The first-order valence-corrected chi connectivity index (χ1v) is 12.0. The van der Waals surface area contributed by atoms with Gasteiger partial charge in [-0.05, 0) is 30.7 Å². The van der Waals surface area contributed by atoms with Gasteiger partial charge in [-0.2, -0.15) is 11.8 Å². The number of benzene rings is 2. The van der Waals surface area contributed by atoms with Crippen LogP contribution in [-0.4, -0.2) is 45.0 Å². The van der Waals surface area contributed by atoms with E-state index in [2.05, 4.69) is 5.32 Å². The molecule has 2 aromatic rings. The second-order valence-electron chi connectivity index (χ2n) is 6.44. The molecule has 1 amide bonds. The number of nitrogens with zero attached hydrogens (tertiary/aromatic N) is 1. The number of ether oxygens (including phenoxy) is 1. The number of carbonyl (C=O) groups excluding carboxylic acids is 1. The largest absolute Gasteiger partial charge is 0.476 e. The number of sulfonamides is 1. The Balaban J connectivity index is 1.55. The van der Waals surface area contributed by atoms with Gasteiger partial charge in [-0.3, -0.25) is 9.10 Å². The van der Waals surface area contributed by atoms with Crippen LogP contribution in [0, 0.1) is 5.82 Å². The minimum absolute atomic E-state index is 0.0671. The molecule has 1 heterocycles. The van der Waals surface area contributed by atoms with Crippen LogP contribution in [0.3, 0.4) is 0 Å². The summed E-state index contributed by atoms with van der Waals surface area (Å²) < 4.78 is 45.5. The fourth-order valence-corrected chi connectivity index (χ4v) is 4.89. The van der Waals surface area contributed by atoms with Crippen LogP contribution in [0.15, 0.2) is 48.5 Å². The molecule has 2 aromatic carbocycles. The van der Waals surface area contributed by atoms with Crippen molar-refractivity contribution in [1.82, 2.24) is 5.32 Å². The van der Waals surface area contributed by atoms with E-state index in [4.69, 9.17) is 4.74 Å². The molecule has 9 heteroatoms. The Bertz CT molecular complexity index is 968. The number of amides is 1. The van der Waals surface area contributed by atoms with Crippen molar-refractivity contribution in [3.63, 3.8) is 0 Å². The highest BCUT2D eigenvalue weighted by atomic mass is 32.2. The van der Waals surface area contributed by atoms with Crippen LogP contribution < -0.4 is 14.4 Å². The van der Waals surface area contributed by atoms with Crippen LogP contribution in [-0.2, 0) is 20.6 Å². The summed E-state index contributed by atoms with van der Waals surface area (Å²) in [6, 6.07) is 13.4. The molecule has 1 aliphatic heterocycles. The zero-order valence-electron chi connectivity index (χ0n) is 16.0. The predicted octanol–water partition coefficient (Wildman–Crippen LogP) is 2.79. The summed E-state index contributed by atoms with van der Waals surface area (Å²) in [5, 5.41) is 2.77. The predicted molar refractivity (Wildman–Crippen MR) is 113 cm³/mol. The standard InChI is InChI=1S/C20H23FN2O4S2/c1-2-29(25,26)23-13-19(27-18-10-6-5-9-17(18)23)20(24)22-11-12-28-14-15-7-3-4-8-16(15)21/h3-10,19H,2,11-14H2,1H3,(H,22,24). The number of para-hydroxylation sites is 2. The van der Waals surface area contributed by atoms with E-state index in [9.17, 15) is 17.6 Å². The van der Waals surface area contributed by atoms with Crippen molar-refractivity contribution in [2.24, 2.45) is 0 Å². The Hall–Kier alpha value is -2.26. The second-order valence-corrected chi connectivity index (χ2v) is 9.73. The maximum atomic E-state index is 13.6. The summed E-state index contributed by atoms with van der Waals surface area (Å²) in [5.41, 5.74) is 1.07. The highest BCUT2D eigenvalue weighted by Crippen LogP contribution is 2.35. The Morgan fingerprint density at radius 2 is 1.97 bits per heavy atom. The lowest BCUT2D eigenvalue weighted by Gasteiger charge is -2.34. The van der Waals surface area contributed by atoms with E-state index in [0.717, 1.165) is 0 Å². The molecule has 0 aliphatic carbocycles. The van der Waals surface area contributed by atoms with Gasteiger partial charge < -0.3 is 10.1 Å². The fourth-order valence-electron chi connectivity index (χ4n) is 2.92. The number of hydrogen-bond acceptors (Lipinski definition) is 5. The molecule has 1 aliphatic rings. The average molecular weight is 439 g/mol. The van der Waals surface area contributed by atoms with Crippen LogP contribution in [0.2, 0.25) is 0 Å². The molecule has 3 rings (SSSR count). The van der Waals surface area contributed by atoms with Crippen LogP contribution in [0.1, 0.15) is 12.5 Å². The van der Waals surface area contributed by atoms with Crippen molar-refractivity contribution in [3.8, 4) is 5.75 Å². The number of halogens is 1. The molecule has 0 fully saturated rings. The van der Waals surface area contributed by atoms with Gasteiger partial charge in [-0.1, -0.05) is 30.3 Å². The lowest BCUT2D eigenvalue weighted by atomic mass is 10.2. The molecule has 1 unspecified atom stereocenters. The molecule has 0 spiro atoms. The number of nitrogens with one attached hydrogen (secondary N) is 1. The van der Waals surface area contributed by atoms with Gasteiger partial charge in [0.2, 0.25) is 10.0 Å². The molecule has 156 valence electrons. The number of thioether (sulfide) groups is 1. The molecule has 6 nitrogen and oxygen atoms in total. The Labute approximate surface area is 174 Å². The first-order valence-electron chi connectivity index (χ1n) is 9.27. The Kier molecular flexibility index (Phi) is 7.02. The number of fused-ring (bicyclic) bond motifs is 1. The van der Waals surface area contributed by atoms with Crippen molar-refractivity contribution in [2.45, 2.75) is 18.8 Å². The third kappa shape index (κ3) is 5.22. The van der Waals surface area contributed by atoms with Gasteiger partial charge in [0.1, 0.15) is 11.6 Å². The minimum atomic E-state index is -3.53. The summed E-state index contributed by atoms with van der Waals surface area (Å²) in [7, 11) is -3.53. The number of anilines is 1. The van der Waals surface area contributed by atoms with E-state index in [-0.39, 0.29) is 24.0 Å². The lowest BCUT2D eigenvalue weighted by molar-refractivity contribution is -0.127. The molecule has 0 saturated heterocycles. The van der Waals surface area contributed by atoms with Gasteiger partial charge in [-0.15, -0.1) is 0 Å². The van der Waals surface area contributed by atoms with Gasteiger partial charge in [0.15, 0.2) is 6.10 Å². The topological polar surface area (TPSA) is 75.7 Å². The maximum absolute atomic E-state index is 13.6. The van der Waals surface area contributed by atoms with Gasteiger partial charge in [0.25, 0.3) is 5.91 Å². The number of hydrogen-bond donors (Lipinski definition) is 1. The molecule has 0 saturated carbocycles. The third-order valence-corrected chi connectivity index (χ3v) is 7.24. The maximum Gasteiger partial charge on any atom is 0.263 e. The van der Waals surface area contributed by atoms with Crippen LogP contribution in [0.4, 0.5) is 10.1 Å². The SMILES string of the molecule is CCS(=O)(=O)N1CC(C(=O)NCCSCc2ccccc2F)Oc2ccccc21. The molecule has 0 radical (unpaired) electrons. The monoisotopic (exact) mass is 438 g/mol. The molecule has 0 bridgehead atoms. The van der Waals surface area contributed by atoms with Crippen molar-refractivity contribution in [2.75, 3.05) is 28.9 Å². The van der Waals surface area contributed by atoms with Gasteiger partial charge >= 0.3 is 0 Å². The summed E-state index contributed by atoms with van der Waals surface area (Å²) in [5.74, 6) is 0.795. The van der Waals surface area contributed by atoms with Crippen LogP contribution in [0.5, 0.6) is 5.75 Å². The molecule has 1 N–H and O–H groups in total. The Morgan fingerprint density at radius 1 is 1.24 bits per heavy atom. The highest BCUT2D eigenvalue weighted by molar-refractivity contribution is 7.98. The summed E-state index contributed by atoms with van der Waals surface area (Å²) >= 11 is 1.50. The zero-order valence-corrected chi connectivity index (χ0v) is 17.6. The zero-order chi connectivity index (χ0) is 20.9. The van der Waals surface area contributed by atoms with Crippen molar-refractivity contribution < 1.29 is 22.3 Å². The molecule has 0 aromatic heterocycles. The molecule has 1 atom stereocenters. The van der Waals surface area contributed by atoms with Gasteiger partial charge in [0, 0.05) is 18.1 Å². The second kappa shape index (κ2) is 9.49. The van der Waals surface area contributed by atoms with E-state index in [1.54, 1.807) is 49.4 Å². The van der Waals surface area contributed by atoms with Crippen molar-refractivity contribution in [3.05, 3.63) is 59.9 Å². The fraction of sp³-hybridized carbons (Fsp3) is 0.350. The molecular formula is C20H23FN2O4S2.